The minimum absolute atomic E-state index is 0.642. The van der Waals surface area contributed by atoms with Crippen LogP contribution in [0.3, 0.4) is 0 Å². The van der Waals surface area contributed by atoms with Crippen LogP contribution in [0.2, 0.25) is 5.02 Å². The van der Waals surface area contributed by atoms with Gasteiger partial charge in [0.2, 0.25) is 0 Å². The molecule has 0 amide bonds. The van der Waals surface area contributed by atoms with Crippen LogP contribution in [0.25, 0.3) is 16.9 Å². The van der Waals surface area contributed by atoms with Crippen molar-refractivity contribution in [3.05, 3.63) is 64.5 Å². The first-order valence-corrected chi connectivity index (χ1v) is 7.18. The van der Waals surface area contributed by atoms with Crippen molar-refractivity contribution < 1.29 is 4.74 Å². The van der Waals surface area contributed by atoms with Crippen molar-refractivity contribution in [2.45, 2.75) is 0 Å². The monoisotopic (exact) mass is 316 g/mol. The highest BCUT2D eigenvalue weighted by molar-refractivity contribution is 7.71. The third-order valence-corrected chi connectivity index (χ3v) is 3.78. The Hall–Kier alpha value is -2.04. The smallest absolute Gasteiger partial charge is 0.182 e. The lowest BCUT2D eigenvalue weighted by atomic mass is 10.1. The van der Waals surface area contributed by atoms with Crippen molar-refractivity contribution in [2.24, 2.45) is 0 Å². The van der Waals surface area contributed by atoms with Gasteiger partial charge in [0.15, 0.2) is 4.77 Å². The predicted molar refractivity (Wildman–Crippen MR) is 88.0 cm³/mol. The van der Waals surface area contributed by atoms with Gasteiger partial charge < -0.3 is 9.72 Å². The fourth-order valence-corrected chi connectivity index (χ4v) is 2.50. The van der Waals surface area contributed by atoms with E-state index in [0.717, 1.165) is 22.7 Å². The molecule has 0 bridgehead atoms. The van der Waals surface area contributed by atoms with Crippen LogP contribution in [0.15, 0.2) is 54.7 Å². The molecular weight excluding hydrogens is 304 g/mol. The number of rotatable bonds is 3. The van der Waals surface area contributed by atoms with E-state index in [1.807, 2.05) is 59.3 Å². The molecule has 1 heterocycles. The maximum atomic E-state index is 5.91. The lowest BCUT2D eigenvalue weighted by Crippen LogP contribution is -1.90. The van der Waals surface area contributed by atoms with Gasteiger partial charge in [-0.2, -0.15) is 0 Å². The van der Waals surface area contributed by atoms with E-state index in [9.17, 15) is 0 Å². The van der Waals surface area contributed by atoms with Crippen LogP contribution in [-0.4, -0.2) is 16.7 Å². The molecule has 0 aliphatic carbocycles. The molecule has 1 aromatic heterocycles. The Morgan fingerprint density at radius 3 is 2.33 bits per heavy atom. The van der Waals surface area contributed by atoms with E-state index in [4.69, 9.17) is 28.6 Å². The first-order valence-electron chi connectivity index (χ1n) is 6.39. The SMILES string of the molecule is COc1ccc(-c2cn(-c3ccc(Cl)cc3)c(=S)[nH]2)cc1. The maximum absolute atomic E-state index is 5.91. The Labute approximate surface area is 132 Å². The predicted octanol–water partition coefficient (Wildman–Crippen LogP) is 4.86. The highest BCUT2D eigenvalue weighted by Gasteiger charge is 2.05. The summed E-state index contributed by atoms with van der Waals surface area (Å²) < 4.78 is 7.73. The van der Waals surface area contributed by atoms with Gasteiger partial charge in [0.25, 0.3) is 0 Å². The first-order chi connectivity index (χ1) is 10.2. The van der Waals surface area contributed by atoms with Crippen molar-refractivity contribution >= 4 is 23.8 Å². The molecule has 0 atom stereocenters. The summed E-state index contributed by atoms with van der Waals surface area (Å²) in [6, 6.07) is 15.4. The summed E-state index contributed by atoms with van der Waals surface area (Å²) in [6.07, 6.45) is 1.98. The minimum atomic E-state index is 0.642. The Balaban J connectivity index is 2.00. The van der Waals surface area contributed by atoms with Crippen LogP contribution < -0.4 is 4.74 Å². The molecular formula is C16H13ClN2OS. The first kappa shape index (κ1) is 13.9. The number of benzene rings is 2. The zero-order chi connectivity index (χ0) is 14.8. The normalized spacial score (nSPS) is 10.6. The molecule has 0 spiro atoms. The van der Waals surface area contributed by atoms with Gasteiger partial charge in [-0.15, -0.1) is 0 Å². The molecule has 106 valence electrons. The van der Waals surface area contributed by atoms with Crippen LogP contribution in [-0.2, 0) is 0 Å². The van der Waals surface area contributed by atoms with Crippen LogP contribution in [0.4, 0.5) is 0 Å². The van der Waals surface area contributed by atoms with Crippen LogP contribution in [0.5, 0.6) is 5.75 Å². The minimum Gasteiger partial charge on any atom is -0.497 e. The number of aromatic nitrogens is 2. The second kappa shape index (κ2) is 5.76. The van der Waals surface area contributed by atoms with Gasteiger partial charge in [0.1, 0.15) is 5.75 Å². The zero-order valence-corrected chi connectivity index (χ0v) is 12.9. The molecule has 0 radical (unpaired) electrons. The van der Waals surface area contributed by atoms with Crippen LogP contribution >= 0.6 is 23.8 Å². The summed E-state index contributed by atoms with van der Waals surface area (Å²) in [7, 11) is 1.65. The van der Waals surface area contributed by atoms with E-state index < -0.39 is 0 Å². The molecule has 3 nitrogen and oxygen atoms in total. The molecule has 0 aliphatic heterocycles. The molecule has 0 unspecified atom stereocenters. The molecule has 21 heavy (non-hydrogen) atoms. The van der Waals surface area contributed by atoms with Crippen molar-refractivity contribution in [1.82, 2.24) is 9.55 Å². The summed E-state index contributed by atoms with van der Waals surface area (Å²) in [5, 5.41) is 0.705. The van der Waals surface area contributed by atoms with Crippen LogP contribution in [0.1, 0.15) is 0 Å². The number of nitrogens with one attached hydrogen (secondary N) is 1. The molecule has 1 N–H and O–H groups in total. The molecule has 2 aromatic carbocycles. The van der Waals surface area contributed by atoms with Crippen molar-refractivity contribution in [2.75, 3.05) is 7.11 Å². The maximum Gasteiger partial charge on any atom is 0.182 e. The molecule has 0 aliphatic rings. The van der Waals surface area contributed by atoms with E-state index in [1.165, 1.54) is 0 Å². The fraction of sp³-hybridized carbons (Fsp3) is 0.0625. The lowest BCUT2D eigenvalue weighted by Gasteiger charge is -2.02. The number of aromatic amines is 1. The lowest BCUT2D eigenvalue weighted by molar-refractivity contribution is 0.415. The third kappa shape index (κ3) is 2.86. The van der Waals surface area contributed by atoms with Crippen molar-refractivity contribution in [1.29, 1.82) is 0 Å². The number of hydrogen-bond donors (Lipinski definition) is 1. The van der Waals surface area contributed by atoms with E-state index in [-0.39, 0.29) is 0 Å². The Bertz CT molecular complexity index is 804. The largest absolute Gasteiger partial charge is 0.497 e. The number of halogens is 1. The summed E-state index contributed by atoms with van der Waals surface area (Å²) in [5.41, 5.74) is 2.98. The van der Waals surface area contributed by atoms with E-state index in [0.29, 0.717) is 9.79 Å². The van der Waals surface area contributed by atoms with E-state index >= 15 is 0 Å². The molecule has 5 heteroatoms. The highest BCUT2D eigenvalue weighted by atomic mass is 35.5. The van der Waals surface area contributed by atoms with E-state index in [1.54, 1.807) is 7.11 Å². The number of hydrogen-bond acceptors (Lipinski definition) is 2. The Morgan fingerprint density at radius 1 is 1.05 bits per heavy atom. The zero-order valence-electron chi connectivity index (χ0n) is 11.3. The molecule has 0 saturated heterocycles. The van der Waals surface area contributed by atoms with Gasteiger partial charge in [0, 0.05) is 16.9 Å². The molecule has 0 fully saturated rings. The second-order valence-corrected chi connectivity index (χ2v) is 5.37. The topological polar surface area (TPSA) is 29.9 Å². The highest BCUT2D eigenvalue weighted by Crippen LogP contribution is 2.23. The van der Waals surface area contributed by atoms with Gasteiger partial charge in [-0.25, -0.2) is 0 Å². The Morgan fingerprint density at radius 2 is 1.71 bits per heavy atom. The number of nitrogens with zero attached hydrogens (tertiary/aromatic N) is 1. The quantitative estimate of drug-likeness (QED) is 0.699. The molecule has 3 rings (SSSR count). The average molecular weight is 317 g/mol. The van der Waals surface area contributed by atoms with Gasteiger partial charge in [-0.1, -0.05) is 11.6 Å². The summed E-state index contributed by atoms with van der Waals surface area (Å²) >= 11 is 11.3. The molecule has 3 aromatic rings. The molecule has 0 saturated carbocycles. The second-order valence-electron chi connectivity index (χ2n) is 4.55. The van der Waals surface area contributed by atoms with Gasteiger partial charge in [-0.05, 0) is 66.3 Å². The van der Waals surface area contributed by atoms with Gasteiger partial charge in [0.05, 0.1) is 12.8 Å². The van der Waals surface area contributed by atoms with Gasteiger partial charge >= 0.3 is 0 Å². The fourth-order valence-electron chi connectivity index (χ4n) is 2.11. The van der Waals surface area contributed by atoms with E-state index in [2.05, 4.69) is 4.98 Å². The average Bonchev–Trinajstić information content (AvgIpc) is 2.90. The van der Waals surface area contributed by atoms with Crippen molar-refractivity contribution in [3.63, 3.8) is 0 Å². The number of ether oxygens (including phenoxy) is 1. The summed E-state index contributed by atoms with van der Waals surface area (Å²) in [4.78, 5) is 3.22. The Kier molecular flexibility index (Phi) is 3.82. The van der Waals surface area contributed by atoms with Crippen molar-refractivity contribution in [3.8, 4) is 22.7 Å². The number of H-pyrrole nitrogens is 1. The summed E-state index contributed by atoms with van der Waals surface area (Å²) in [5.74, 6) is 0.828. The summed E-state index contributed by atoms with van der Waals surface area (Å²) in [6.45, 7) is 0. The standard InChI is InChI=1S/C16H13ClN2OS/c1-20-14-8-2-11(3-9-14)15-10-19(16(21)18-15)13-6-4-12(17)5-7-13/h2-10H,1H3,(H,18,21). The van der Waals surface area contributed by atoms with Crippen LogP contribution in [0, 0.1) is 4.77 Å². The number of methoxy groups -OCH3 is 1. The number of imidazole rings is 1. The third-order valence-electron chi connectivity index (χ3n) is 3.22. The van der Waals surface area contributed by atoms with Gasteiger partial charge in [-0.3, -0.25) is 4.57 Å².